The van der Waals surface area contributed by atoms with Crippen molar-refractivity contribution >= 4 is 0 Å². The molecule has 0 bridgehead atoms. The molecule has 1 aliphatic rings. The third kappa shape index (κ3) is 4.03. The van der Waals surface area contributed by atoms with E-state index in [1.54, 1.807) is 0 Å². The van der Waals surface area contributed by atoms with Crippen LogP contribution in [0.5, 0.6) is 0 Å². The van der Waals surface area contributed by atoms with E-state index in [9.17, 15) is 0 Å². The van der Waals surface area contributed by atoms with Crippen molar-refractivity contribution < 1.29 is 0 Å². The van der Waals surface area contributed by atoms with Crippen LogP contribution >= 0.6 is 0 Å². The Morgan fingerprint density at radius 3 is 2.24 bits per heavy atom. The Balaban J connectivity index is 2.39. The van der Waals surface area contributed by atoms with E-state index in [1.807, 2.05) is 0 Å². The van der Waals surface area contributed by atoms with Crippen LogP contribution in [0.2, 0.25) is 0 Å². The van der Waals surface area contributed by atoms with Gasteiger partial charge in [0.15, 0.2) is 0 Å². The highest BCUT2D eigenvalue weighted by Gasteiger charge is 2.31. The van der Waals surface area contributed by atoms with Gasteiger partial charge in [-0.15, -0.1) is 6.42 Å². The number of nitrogens with one attached hydrogen (secondary N) is 1. The van der Waals surface area contributed by atoms with E-state index in [-0.39, 0.29) is 6.04 Å². The predicted molar refractivity (Wildman–Crippen MR) is 75.9 cm³/mol. The molecule has 0 amide bonds. The SMILES string of the molecule is C#CC(CC)NC1CCC(C(C)(C)CC)CC1. The van der Waals surface area contributed by atoms with Crippen LogP contribution in [-0.2, 0) is 0 Å². The summed E-state index contributed by atoms with van der Waals surface area (Å²) in [5, 5.41) is 3.61. The maximum atomic E-state index is 5.51. The zero-order valence-electron chi connectivity index (χ0n) is 12.1. The van der Waals surface area contributed by atoms with Gasteiger partial charge in [0, 0.05) is 6.04 Å². The fourth-order valence-electron chi connectivity index (χ4n) is 2.90. The van der Waals surface area contributed by atoms with Gasteiger partial charge in [-0.25, -0.2) is 0 Å². The average Bonchev–Trinajstić information content (AvgIpc) is 2.36. The Bertz CT molecular complexity index is 253. The van der Waals surface area contributed by atoms with E-state index < -0.39 is 0 Å². The van der Waals surface area contributed by atoms with Gasteiger partial charge in [-0.1, -0.05) is 40.0 Å². The normalized spacial score (nSPS) is 27.5. The summed E-state index contributed by atoms with van der Waals surface area (Å²) in [6.45, 7) is 9.31. The summed E-state index contributed by atoms with van der Waals surface area (Å²) < 4.78 is 0. The monoisotopic (exact) mass is 235 g/mol. The first-order valence-electron chi connectivity index (χ1n) is 7.25. The molecule has 1 heteroatoms. The van der Waals surface area contributed by atoms with Gasteiger partial charge in [-0.3, -0.25) is 0 Å². The summed E-state index contributed by atoms with van der Waals surface area (Å²) in [5.74, 6) is 3.74. The minimum absolute atomic E-state index is 0.274. The molecule has 0 radical (unpaired) electrons. The molecular weight excluding hydrogens is 206 g/mol. The third-order valence-corrected chi connectivity index (χ3v) is 4.79. The maximum Gasteiger partial charge on any atom is 0.0686 e. The van der Waals surface area contributed by atoms with Gasteiger partial charge in [-0.2, -0.15) is 0 Å². The lowest BCUT2D eigenvalue weighted by atomic mass is 9.69. The van der Waals surface area contributed by atoms with Crippen molar-refractivity contribution in [1.29, 1.82) is 0 Å². The Labute approximate surface area is 108 Å². The van der Waals surface area contributed by atoms with Crippen LogP contribution in [0.15, 0.2) is 0 Å². The van der Waals surface area contributed by atoms with Gasteiger partial charge in [0.05, 0.1) is 6.04 Å². The molecule has 0 spiro atoms. The van der Waals surface area contributed by atoms with E-state index in [0.29, 0.717) is 11.5 Å². The van der Waals surface area contributed by atoms with Gasteiger partial charge >= 0.3 is 0 Å². The van der Waals surface area contributed by atoms with E-state index >= 15 is 0 Å². The molecule has 0 aromatic rings. The number of rotatable bonds is 5. The fourth-order valence-corrected chi connectivity index (χ4v) is 2.90. The zero-order valence-corrected chi connectivity index (χ0v) is 12.1. The molecule has 1 fully saturated rings. The molecule has 0 aromatic carbocycles. The third-order valence-electron chi connectivity index (χ3n) is 4.79. The smallest absolute Gasteiger partial charge is 0.0686 e. The Morgan fingerprint density at radius 1 is 1.24 bits per heavy atom. The number of hydrogen-bond acceptors (Lipinski definition) is 1. The highest BCUT2D eigenvalue weighted by molar-refractivity contribution is 4.99. The standard InChI is InChI=1S/C16H29N/c1-6-14(7-2)17-15-11-9-13(10-12-15)16(4,5)8-3/h1,13-15,17H,7-12H2,2-5H3. The first-order valence-corrected chi connectivity index (χ1v) is 7.25. The molecule has 1 rings (SSSR count). The number of terminal acetylenes is 1. The summed E-state index contributed by atoms with van der Waals surface area (Å²) in [5.41, 5.74) is 0.515. The molecule has 98 valence electrons. The molecule has 1 saturated carbocycles. The van der Waals surface area contributed by atoms with Crippen molar-refractivity contribution in [3.63, 3.8) is 0 Å². The van der Waals surface area contributed by atoms with Crippen LogP contribution < -0.4 is 5.32 Å². The molecule has 1 atom stereocenters. The highest BCUT2D eigenvalue weighted by Crippen LogP contribution is 2.40. The second kappa shape index (κ2) is 6.45. The Hall–Kier alpha value is -0.480. The molecule has 1 aliphatic carbocycles. The van der Waals surface area contributed by atoms with Gasteiger partial charge in [0.25, 0.3) is 0 Å². The molecule has 1 nitrogen and oxygen atoms in total. The topological polar surface area (TPSA) is 12.0 Å². The van der Waals surface area contributed by atoms with Gasteiger partial charge in [0.1, 0.15) is 0 Å². The van der Waals surface area contributed by atoms with Crippen LogP contribution in [0.3, 0.4) is 0 Å². The zero-order chi connectivity index (χ0) is 12.9. The van der Waals surface area contributed by atoms with Crippen LogP contribution in [-0.4, -0.2) is 12.1 Å². The lowest BCUT2D eigenvalue weighted by Crippen LogP contribution is -2.41. The average molecular weight is 235 g/mol. The van der Waals surface area contributed by atoms with Gasteiger partial charge in [-0.05, 0) is 43.4 Å². The van der Waals surface area contributed by atoms with Crippen molar-refractivity contribution in [1.82, 2.24) is 5.32 Å². The number of hydrogen-bond donors (Lipinski definition) is 1. The second-order valence-corrected chi connectivity index (χ2v) is 6.18. The summed E-state index contributed by atoms with van der Waals surface area (Å²) in [6, 6.07) is 0.927. The second-order valence-electron chi connectivity index (χ2n) is 6.18. The molecule has 1 unspecified atom stereocenters. The summed E-state index contributed by atoms with van der Waals surface area (Å²) in [4.78, 5) is 0. The van der Waals surface area contributed by atoms with E-state index in [2.05, 4.69) is 38.9 Å². The lowest BCUT2D eigenvalue weighted by Gasteiger charge is -2.39. The molecule has 0 aliphatic heterocycles. The van der Waals surface area contributed by atoms with Crippen LogP contribution in [0.25, 0.3) is 0 Å². The van der Waals surface area contributed by atoms with Crippen molar-refractivity contribution in [2.75, 3.05) is 0 Å². The Kier molecular flexibility index (Phi) is 5.53. The lowest BCUT2D eigenvalue weighted by molar-refractivity contribution is 0.135. The fraction of sp³-hybridized carbons (Fsp3) is 0.875. The molecule has 1 N–H and O–H groups in total. The molecule has 0 heterocycles. The van der Waals surface area contributed by atoms with Crippen LogP contribution in [0.1, 0.15) is 66.2 Å². The molecule has 17 heavy (non-hydrogen) atoms. The minimum Gasteiger partial charge on any atom is -0.301 e. The quantitative estimate of drug-likeness (QED) is 0.711. The minimum atomic E-state index is 0.274. The largest absolute Gasteiger partial charge is 0.301 e. The van der Waals surface area contributed by atoms with E-state index in [0.717, 1.165) is 12.3 Å². The van der Waals surface area contributed by atoms with Crippen molar-refractivity contribution in [2.24, 2.45) is 11.3 Å². The highest BCUT2D eigenvalue weighted by atomic mass is 14.9. The first-order chi connectivity index (χ1) is 8.03. The van der Waals surface area contributed by atoms with Crippen molar-refractivity contribution in [3.05, 3.63) is 0 Å². The van der Waals surface area contributed by atoms with E-state index in [4.69, 9.17) is 6.42 Å². The van der Waals surface area contributed by atoms with Gasteiger partial charge < -0.3 is 5.32 Å². The van der Waals surface area contributed by atoms with Gasteiger partial charge in [0.2, 0.25) is 0 Å². The van der Waals surface area contributed by atoms with Crippen molar-refractivity contribution in [3.8, 4) is 12.3 Å². The van der Waals surface area contributed by atoms with E-state index in [1.165, 1.54) is 32.1 Å². The molecule has 0 saturated heterocycles. The van der Waals surface area contributed by atoms with Crippen LogP contribution in [0, 0.1) is 23.7 Å². The summed E-state index contributed by atoms with van der Waals surface area (Å²) >= 11 is 0. The van der Waals surface area contributed by atoms with Crippen LogP contribution in [0.4, 0.5) is 0 Å². The molecule has 0 aromatic heterocycles. The Morgan fingerprint density at radius 2 is 1.82 bits per heavy atom. The summed E-state index contributed by atoms with van der Waals surface area (Å²) in [7, 11) is 0. The van der Waals surface area contributed by atoms with Crippen molar-refractivity contribution in [2.45, 2.75) is 78.3 Å². The summed E-state index contributed by atoms with van der Waals surface area (Å²) in [6.07, 6.45) is 13.2. The predicted octanol–water partition coefficient (Wildman–Crippen LogP) is 3.98. The first kappa shape index (κ1) is 14.6. The molecular formula is C16H29N. The maximum absolute atomic E-state index is 5.51.